The third-order valence-electron chi connectivity index (χ3n) is 3.32. The largest absolute Gasteiger partial charge is 0.496 e. The molecule has 0 radical (unpaired) electrons. The molecule has 1 aromatic carbocycles. The van der Waals surface area contributed by atoms with Gasteiger partial charge in [0.15, 0.2) is 0 Å². The molecule has 18 heavy (non-hydrogen) atoms. The molecule has 0 atom stereocenters. The van der Waals surface area contributed by atoms with E-state index in [-0.39, 0.29) is 5.91 Å². The SMILES string of the molecule is COc1c(C)cc(C(=O)N2CCNCC2)cc1C. The number of aryl methyl sites for hydroxylation is 2. The summed E-state index contributed by atoms with van der Waals surface area (Å²) in [6.07, 6.45) is 0. The second kappa shape index (κ2) is 5.40. The van der Waals surface area contributed by atoms with Gasteiger partial charge in [-0.15, -0.1) is 0 Å². The Bertz CT molecular complexity index is 428. The monoisotopic (exact) mass is 248 g/mol. The quantitative estimate of drug-likeness (QED) is 0.859. The van der Waals surface area contributed by atoms with Crippen molar-refractivity contribution in [2.75, 3.05) is 33.3 Å². The van der Waals surface area contributed by atoms with E-state index in [1.165, 1.54) is 0 Å². The standard InChI is InChI=1S/C14H20N2O2/c1-10-8-12(9-11(2)13(10)18-3)14(17)16-6-4-15-5-7-16/h8-9,15H,4-7H2,1-3H3. The van der Waals surface area contributed by atoms with E-state index < -0.39 is 0 Å². The van der Waals surface area contributed by atoms with Crippen LogP contribution in [-0.4, -0.2) is 44.1 Å². The van der Waals surface area contributed by atoms with Crippen molar-refractivity contribution < 1.29 is 9.53 Å². The Hall–Kier alpha value is -1.55. The summed E-state index contributed by atoms with van der Waals surface area (Å²) < 4.78 is 5.32. The molecule has 2 rings (SSSR count). The molecule has 4 heteroatoms. The molecule has 4 nitrogen and oxygen atoms in total. The molecule has 0 spiro atoms. The minimum Gasteiger partial charge on any atom is -0.496 e. The lowest BCUT2D eigenvalue weighted by molar-refractivity contribution is 0.0735. The van der Waals surface area contributed by atoms with Gasteiger partial charge in [-0.2, -0.15) is 0 Å². The van der Waals surface area contributed by atoms with Gasteiger partial charge in [-0.1, -0.05) is 0 Å². The number of carbonyl (C=O) groups excluding carboxylic acids is 1. The van der Waals surface area contributed by atoms with Crippen LogP contribution in [0.1, 0.15) is 21.5 Å². The number of carbonyl (C=O) groups is 1. The van der Waals surface area contributed by atoms with Crippen molar-refractivity contribution >= 4 is 5.91 Å². The summed E-state index contributed by atoms with van der Waals surface area (Å²) in [4.78, 5) is 14.3. The first kappa shape index (κ1) is 12.9. The van der Waals surface area contributed by atoms with Gasteiger partial charge in [0.1, 0.15) is 5.75 Å². The summed E-state index contributed by atoms with van der Waals surface area (Å²) in [6, 6.07) is 3.83. The topological polar surface area (TPSA) is 41.6 Å². The molecule has 0 saturated carbocycles. The fraction of sp³-hybridized carbons (Fsp3) is 0.500. The molecule has 1 N–H and O–H groups in total. The first-order chi connectivity index (χ1) is 8.63. The van der Waals surface area contributed by atoms with Gasteiger partial charge in [-0.05, 0) is 37.1 Å². The highest BCUT2D eigenvalue weighted by molar-refractivity contribution is 5.95. The van der Waals surface area contributed by atoms with Gasteiger partial charge in [-0.25, -0.2) is 0 Å². The summed E-state index contributed by atoms with van der Waals surface area (Å²) in [5.74, 6) is 0.984. The third kappa shape index (κ3) is 2.48. The molecule has 1 amide bonds. The minimum absolute atomic E-state index is 0.116. The highest BCUT2D eigenvalue weighted by Crippen LogP contribution is 2.24. The third-order valence-corrected chi connectivity index (χ3v) is 3.32. The number of nitrogens with one attached hydrogen (secondary N) is 1. The molecule has 1 fully saturated rings. The van der Waals surface area contributed by atoms with Crippen LogP contribution in [0.3, 0.4) is 0 Å². The Morgan fingerprint density at radius 3 is 2.28 bits per heavy atom. The van der Waals surface area contributed by atoms with Crippen molar-refractivity contribution in [2.24, 2.45) is 0 Å². The van der Waals surface area contributed by atoms with Gasteiger partial charge in [-0.3, -0.25) is 4.79 Å². The van der Waals surface area contributed by atoms with Crippen molar-refractivity contribution in [3.05, 3.63) is 28.8 Å². The van der Waals surface area contributed by atoms with Gasteiger partial charge in [0.05, 0.1) is 7.11 Å². The molecular weight excluding hydrogens is 228 g/mol. The molecule has 1 aliphatic heterocycles. The second-order valence-electron chi connectivity index (χ2n) is 4.69. The number of hydrogen-bond donors (Lipinski definition) is 1. The zero-order valence-corrected chi connectivity index (χ0v) is 11.2. The van der Waals surface area contributed by atoms with Crippen molar-refractivity contribution in [3.8, 4) is 5.75 Å². The lowest BCUT2D eigenvalue weighted by atomic mass is 10.0. The fourth-order valence-electron chi connectivity index (χ4n) is 2.45. The Labute approximate surface area is 108 Å². The summed E-state index contributed by atoms with van der Waals surface area (Å²) in [5.41, 5.74) is 2.78. The molecule has 1 saturated heterocycles. The maximum Gasteiger partial charge on any atom is 0.253 e. The first-order valence-corrected chi connectivity index (χ1v) is 6.28. The number of amides is 1. The molecule has 0 aromatic heterocycles. The normalized spacial score (nSPS) is 15.6. The molecule has 0 bridgehead atoms. The number of hydrogen-bond acceptors (Lipinski definition) is 3. The van der Waals surface area contributed by atoms with E-state index in [0.717, 1.165) is 48.6 Å². The zero-order valence-electron chi connectivity index (χ0n) is 11.2. The Morgan fingerprint density at radius 2 is 1.78 bits per heavy atom. The molecule has 0 aliphatic carbocycles. The van der Waals surface area contributed by atoms with Crippen LogP contribution in [0.5, 0.6) is 5.75 Å². The van der Waals surface area contributed by atoms with Crippen LogP contribution in [0.15, 0.2) is 12.1 Å². The highest BCUT2D eigenvalue weighted by Gasteiger charge is 2.19. The van der Waals surface area contributed by atoms with Gasteiger partial charge >= 0.3 is 0 Å². The van der Waals surface area contributed by atoms with E-state index in [1.54, 1.807) is 7.11 Å². The number of methoxy groups -OCH3 is 1. The zero-order chi connectivity index (χ0) is 13.1. The van der Waals surface area contributed by atoms with Crippen LogP contribution < -0.4 is 10.1 Å². The average Bonchev–Trinajstić information content (AvgIpc) is 2.38. The minimum atomic E-state index is 0.116. The summed E-state index contributed by atoms with van der Waals surface area (Å²) in [5, 5.41) is 3.25. The van der Waals surface area contributed by atoms with Crippen LogP contribution in [0.25, 0.3) is 0 Å². The summed E-state index contributed by atoms with van der Waals surface area (Å²) in [6.45, 7) is 7.26. The molecule has 1 aliphatic rings. The van der Waals surface area contributed by atoms with Crippen LogP contribution in [0.2, 0.25) is 0 Å². The predicted molar refractivity (Wildman–Crippen MR) is 71.2 cm³/mol. The average molecular weight is 248 g/mol. The smallest absolute Gasteiger partial charge is 0.253 e. The van der Waals surface area contributed by atoms with E-state index in [1.807, 2.05) is 30.9 Å². The van der Waals surface area contributed by atoms with Crippen LogP contribution >= 0.6 is 0 Å². The highest BCUT2D eigenvalue weighted by atomic mass is 16.5. The van der Waals surface area contributed by atoms with Crippen molar-refractivity contribution in [2.45, 2.75) is 13.8 Å². The van der Waals surface area contributed by atoms with E-state index in [9.17, 15) is 4.79 Å². The van der Waals surface area contributed by atoms with Gasteiger partial charge in [0.2, 0.25) is 0 Å². The lowest BCUT2D eigenvalue weighted by Gasteiger charge is -2.27. The van der Waals surface area contributed by atoms with Gasteiger partial charge in [0, 0.05) is 31.7 Å². The number of benzene rings is 1. The van der Waals surface area contributed by atoms with E-state index in [0.29, 0.717) is 0 Å². The fourth-order valence-corrected chi connectivity index (χ4v) is 2.45. The van der Waals surface area contributed by atoms with Crippen molar-refractivity contribution in [3.63, 3.8) is 0 Å². The van der Waals surface area contributed by atoms with Gasteiger partial charge < -0.3 is 15.0 Å². The Balaban J connectivity index is 2.25. The van der Waals surface area contributed by atoms with Crippen LogP contribution in [-0.2, 0) is 0 Å². The second-order valence-corrected chi connectivity index (χ2v) is 4.69. The van der Waals surface area contributed by atoms with E-state index >= 15 is 0 Å². The van der Waals surface area contributed by atoms with Crippen molar-refractivity contribution in [1.82, 2.24) is 10.2 Å². The van der Waals surface area contributed by atoms with Crippen LogP contribution in [0, 0.1) is 13.8 Å². The van der Waals surface area contributed by atoms with E-state index in [2.05, 4.69) is 5.32 Å². The number of ether oxygens (including phenoxy) is 1. The Morgan fingerprint density at radius 1 is 1.22 bits per heavy atom. The van der Waals surface area contributed by atoms with Gasteiger partial charge in [0.25, 0.3) is 5.91 Å². The summed E-state index contributed by atoms with van der Waals surface area (Å²) >= 11 is 0. The van der Waals surface area contributed by atoms with E-state index in [4.69, 9.17) is 4.74 Å². The molecule has 0 unspecified atom stereocenters. The molecule has 98 valence electrons. The maximum atomic E-state index is 12.4. The Kier molecular flexibility index (Phi) is 3.87. The first-order valence-electron chi connectivity index (χ1n) is 6.28. The summed E-state index contributed by atoms with van der Waals surface area (Å²) in [7, 11) is 1.66. The van der Waals surface area contributed by atoms with Crippen LogP contribution in [0.4, 0.5) is 0 Å². The number of nitrogens with zero attached hydrogens (tertiary/aromatic N) is 1. The number of rotatable bonds is 2. The maximum absolute atomic E-state index is 12.4. The van der Waals surface area contributed by atoms with Crippen molar-refractivity contribution in [1.29, 1.82) is 0 Å². The lowest BCUT2D eigenvalue weighted by Crippen LogP contribution is -2.46. The number of piperazine rings is 1. The molecular formula is C14H20N2O2. The molecule has 1 aromatic rings. The predicted octanol–water partition coefficient (Wildman–Crippen LogP) is 1.36. The molecule has 1 heterocycles.